The first kappa shape index (κ1) is 22.3. The minimum Gasteiger partial charge on any atom is -0.372 e. The number of hydrogen-bond acceptors (Lipinski definition) is 5. The average molecular weight is 378 g/mol. The van der Waals surface area contributed by atoms with Gasteiger partial charge in [-0.15, -0.1) is 0 Å². The van der Waals surface area contributed by atoms with Gasteiger partial charge in [-0.05, 0) is 30.0 Å². The summed E-state index contributed by atoms with van der Waals surface area (Å²) in [6.45, 7) is 11.2. The predicted molar refractivity (Wildman–Crippen MR) is 112 cm³/mol. The Balaban J connectivity index is 0.000000239. The summed E-state index contributed by atoms with van der Waals surface area (Å²) < 4.78 is 10.0. The summed E-state index contributed by atoms with van der Waals surface area (Å²) in [5, 5.41) is 6.76. The van der Waals surface area contributed by atoms with E-state index in [0.29, 0.717) is 18.8 Å². The van der Waals surface area contributed by atoms with Crippen molar-refractivity contribution in [1.82, 2.24) is 10.6 Å². The van der Waals surface area contributed by atoms with Gasteiger partial charge in [0, 0.05) is 26.2 Å². The Hall–Kier alpha value is -0.980. The Labute approximate surface area is 165 Å². The summed E-state index contributed by atoms with van der Waals surface area (Å²) in [5.74, 6) is 0.844. The number of hydrogen-bond donors (Lipinski definition) is 3. The maximum absolute atomic E-state index is 5.63. The molecule has 5 heteroatoms. The topological polar surface area (TPSA) is 75.1 Å². The summed E-state index contributed by atoms with van der Waals surface area (Å²) in [7, 11) is 0. The normalized spacial score (nSPS) is 20.3. The van der Waals surface area contributed by atoms with Gasteiger partial charge in [0.25, 0.3) is 0 Å². The van der Waals surface area contributed by atoms with Crippen LogP contribution in [0.4, 0.5) is 0 Å². The molecule has 2 saturated heterocycles. The Morgan fingerprint density at radius 2 is 1.67 bits per heavy atom. The van der Waals surface area contributed by atoms with Gasteiger partial charge in [-0.2, -0.15) is 0 Å². The third kappa shape index (κ3) is 12.2. The van der Waals surface area contributed by atoms with Crippen LogP contribution in [0.1, 0.15) is 50.7 Å². The fourth-order valence-corrected chi connectivity index (χ4v) is 2.86. The van der Waals surface area contributed by atoms with Crippen LogP contribution in [0.2, 0.25) is 0 Å². The molecule has 1 aromatic rings. The van der Waals surface area contributed by atoms with Gasteiger partial charge in [-0.1, -0.05) is 57.4 Å². The van der Waals surface area contributed by atoms with Crippen LogP contribution in [0.5, 0.6) is 0 Å². The Morgan fingerprint density at radius 1 is 1.00 bits per heavy atom. The largest absolute Gasteiger partial charge is 0.372 e. The molecule has 27 heavy (non-hydrogen) atoms. The smallest absolute Gasteiger partial charge is 0.0933 e. The maximum Gasteiger partial charge on any atom is 0.0933 e. The van der Waals surface area contributed by atoms with Crippen molar-refractivity contribution in [1.29, 1.82) is 0 Å². The zero-order valence-electron chi connectivity index (χ0n) is 17.2. The number of nitrogens with one attached hydrogen (secondary N) is 2. The van der Waals surface area contributed by atoms with Crippen molar-refractivity contribution in [3.05, 3.63) is 35.4 Å². The lowest BCUT2D eigenvalue weighted by Crippen LogP contribution is -2.24. The fraction of sp³-hybridized carbons (Fsp3) is 0.727. The standard InChI is InChI=1S/C16H28N2.C6H11NO2/c1-14(2)7-4-3-5-10-18-13-16-9-6-8-15(11-16)12-17;1(5-3-8-5)7-2-6-4-9-6/h6,8-9,11,14,18H,3-5,7,10,12-13,17H2,1-2H3;5-7H,1-4H2. The quantitative estimate of drug-likeness (QED) is 0.364. The van der Waals surface area contributed by atoms with Crippen LogP contribution in [0, 0.1) is 5.92 Å². The zero-order chi connectivity index (χ0) is 19.3. The van der Waals surface area contributed by atoms with Crippen LogP contribution in [0.3, 0.4) is 0 Å². The van der Waals surface area contributed by atoms with Gasteiger partial charge in [-0.25, -0.2) is 0 Å². The molecular formula is C22H39N3O2. The highest BCUT2D eigenvalue weighted by atomic mass is 16.6. The maximum atomic E-state index is 5.63. The molecule has 4 N–H and O–H groups in total. The Morgan fingerprint density at radius 3 is 2.26 bits per heavy atom. The van der Waals surface area contributed by atoms with Gasteiger partial charge >= 0.3 is 0 Å². The number of rotatable bonds is 13. The highest BCUT2D eigenvalue weighted by molar-refractivity contribution is 5.23. The van der Waals surface area contributed by atoms with Crippen molar-refractivity contribution in [2.45, 2.75) is 64.8 Å². The van der Waals surface area contributed by atoms with E-state index in [1.165, 1.54) is 36.8 Å². The van der Waals surface area contributed by atoms with Crippen molar-refractivity contribution in [2.24, 2.45) is 11.7 Å². The highest BCUT2D eigenvalue weighted by Gasteiger charge is 2.25. The van der Waals surface area contributed by atoms with E-state index in [9.17, 15) is 0 Å². The van der Waals surface area contributed by atoms with Crippen LogP contribution in [0.15, 0.2) is 24.3 Å². The fourth-order valence-electron chi connectivity index (χ4n) is 2.86. The molecule has 2 aliphatic heterocycles. The third-order valence-electron chi connectivity index (χ3n) is 4.74. The molecule has 0 aromatic heterocycles. The van der Waals surface area contributed by atoms with E-state index >= 15 is 0 Å². The second kappa shape index (κ2) is 13.2. The first-order valence-electron chi connectivity index (χ1n) is 10.6. The predicted octanol–water partition coefficient (Wildman–Crippen LogP) is 2.82. The lowest BCUT2D eigenvalue weighted by atomic mass is 10.1. The van der Waals surface area contributed by atoms with Crippen LogP contribution >= 0.6 is 0 Å². The molecular weight excluding hydrogens is 338 g/mol. The molecule has 154 valence electrons. The molecule has 2 aliphatic rings. The van der Waals surface area contributed by atoms with E-state index in [1.807, 2.05) is 0 Å². The monoisotopic (exact) mass is 377 g/mol. The Bertz CT molecular complexity index is 490. The number of benzene rings is 1. The van der Waals surface area contributed by atoms with Crippen LogP contribution in [-0.4, -0.2) is 45.1 Å². The van der Waals surface area contributed by atoms with Gasteiger partial charge in [0.1, 0.15) is 0 Å². The SMILES string of the molecule is C(NCC1CO1)C1CO1.CC(C)CCCCCNCc1cccc(CN)c1. The summed E-state index contributed by atoms with van der Waals surface area (Å²) in [5.41, 5.74) is 8.18. The van der Waals surface area contributed by atoms with Gasteiger partial charge in [0.15, 0.2) is 0 Å². The summed E-state index contributed by atoms with van der Waals surface area (Å²) in [6.07, 6.45) is 6.35. The van der Waals surface area contributed by atoms with Crippen LogP contribution < -0.4 is 16.4 Å². The van der Waals surface area contributed by atoms with Gasteiger partial charge in [-0.3, -0.25) is 0 Å². The molecule has 3 rings (SSSR count). The second-order valence-corrected chi connectivity index (χ2v) is 8.01. The highest BCUT2D eigenvalue weighted by Crippen LogP contribution is 2.09. The summed E-state index contributed by atoms with van der Waals surface area (Å²) in [6, 6.07) is 8.51. The van der Waals surface area contributed by atoms with E-state index in [-0.39, 0.29) is 0 Å². The van der Waals surface area contributed by atoms with E-state index in [0.717, 1.165) is 45.3 Å². The molecule has 2 fully saturated rings. The molecule has 2 unspecified atom stereocenters. The Kier molecular flexibility index (Phi) is 10.9. The first-order chi connectivity index (χ1) is 13.2. The average Bonchev–Trinajstić information content (AvgIpc) is 3.57. The molecule has 0 radical (unpaired) electrons. The van der Waals surface area contributed by atoms with E-state index in [1.54, 1.807) is 0 Å². The summed E-state index contributed by atoms with van der Waals surface area (Å²) >= 11 is 0. The number of ether oxygens (including phenoxy) is 2. The second-order valence-electron chi connectivity index (χ2n) is 8.01. The molecule has 2 heterocycles. The third-order valence-corrected chi connectivity index (χ3v) is 4.74. The minimum absolute atomic E-state index is 0.503. The van der Waals surface area contributed by atoms with Crippen molar-refractivity contribution in [3.8, 4) is 0 Å². The van der Waals surface area contributed by atoms with Crippen molar-refractivity contribution in [3.63, 3.8) is 0 Å². The molecule has 2 atom stereocenters. The summed E-state index contributed by atoms with van der Waals surface area (Å²) in [4.78, 5) is 0. The molecule has 0 saturated carbocycles. The molecule has 0 aliphatic carbocycles. The van der Waals surface area contributed by atoms with Gasteiger partial charge in [0.2, 0.25) is 0 Å². The van der Waals surface area contributed by atoms with Gasteiger partial charge in [0.05, 0.1) is 25.4 Å². The van der Waals surface area contributed by atoms with Crippen molar-refractivity contribution >= 4 is 0 Å². The lowest BCUT2D eigenvalue weighted by Gasteiger charge is -2.07. The van der Waals surface area contributed by atoms with E-state index in [4.69, 9.17) is 15.2 Å². The number of unbranched alkanes of at least 4 members (excludes halogenated alkanes) is 2. The number of epoxide rings is 2. The van der Waals surface area contributed by atoms with E-state index in [2.05, 4.69) is 48.7 Å². The molecule has 0 spiro atoms. The number of nitrogens with two attached hydrogens (primary N) is 1. The van der Waals surface area contributed by atoms with E-state index < -0.39 is 0 Å². The lowest BCUT2D eigenvalue weighted by molar-refractivity contribution is 0.373. The molecule has 5 nitrogen and oxygen atoms in total. The van der Waals surface area contributed by atoms with Crippen molar-refractivity contribution in [2.75, 3.05) is 32.8 Å². The molecule has 0 bridgehead atoms. The van der Waals surface area contributed by atoms with Crippen molar-refractivity contribution < 1.29 is 9.47 Å². The minimum atomic E-state index is 0.503. The first-order valence-corrected chi connectivity index (χ1v) is 10.6. The van der Waals surface area contributed by atoms with Crippen LogP contribution in [0.25, 0.3) is 0 Å². The van der Waals surface area contributed by atoms with Crippen LogP contribution in [-0.2, 0) is 22.6 Å². The zero-order valence-corrected chi connectivity index (χ0v) is 17.2. The molecule has 0 amide bonds. The molecule has 1 aromatic carbocycles. The van der Waals surface area contributed by atoms with Gasteiger partial charge < -0.3 is 25.8 Å².